The van der Waals surface area contributed by atoms with E-state index in [0.717, 1.165) is 21.5 Å². The van der Waals surface area contributed by atoms with Gasteiger partial charge in [-0.15, -0.1) is 0 Å². The molecule has 0 saturated carbocycles. The van der Waals surface area contributed by atoms with E-state index in [2.05, 4.69) is 39.2 Å². The van der Waals surface area contributed by atoms with Gasteiger partial charge >= 0.3 is 12.1 Å². The Morgan fingerprint density at radius 3 is 2.27 bits per heavy atom. The number of imidazole rings is 1. The maximum Gasteiger partial charge on any atom is 0.421 e. The van der Waals surface area contributed by atoms with Crippen LogP contribution in [0.4, 0.5) is 10.5 Å². The molecule has 2 fully saturated rings. The van der Waals surface area contributed by atoms with Crippen LogP contribution in [0.5, 0.6) is 5.75 Å². The Morgan fingerprint density at radius 2 is 1.53 bits per heavy atom. The van der Waals surface area contributed by atoms with E-state index in [1.54, 1.807) is 42.5 Å². The molecule has 0 unspecified atom stereocenters. The molecular formula is C58H54N6O9. The summed E-state index contributed by atoms with van der Waals surface area (Å²) in [5, 5.41) is 13.2. The van der Waals surface area contributed by atoms with Crippen molar-refractivity contribution in [2.24, 2.45) is 5.92 Å². The summed E-state index contributed by atoms with van der Waals surface area (Å²) >= 11 is 0. The van der Waals surface area contributed by atoms with Gasteiger partial charge in [-0.2, -0.15) is 0 Å². The van der Waals surface area contributed by atoms with Crippen LogP contribution in [0.15, 0.2) is 158 Å². The number of methoxy groups -OCH3 is 1. The number of aliphatic hydroxyl groups is 1. The Bertz CT molecular complexity index is 3160. The van der Waals surface area contributed by atoms with Gasteiger partial charge in [0, 0.05) is 24.8 Å². The summed E-state index contributed by atoms with van der Waals surface area (Å²) < 4.78 is 23.9. The fraction of sp³-hybridized carbons (Fsp3) is 0.259. The number of hydrogen-bond acceptors (Lipinski definition) is 12. The van der Waals surface area contributed by atoms with E-state index >= 15 is 14.4 Å². The molecule has 2 saturated heterocycles. The second-order valence-corrected chi connectivity index (χ2v) is 18.2. The van der Waals surface area contributed by atoms with Crippen molar-refractivity contribution in [3.8, 4) is 17.6 Å². The number of carbonyl (C=O) groups excluding carboxylic acids is 4. The average molecular weight is 979 g/mol. The lowest BCUT2D eigenvalue weighted by molar-refractivity contribution is -0.178. The van der Waals surface area contributed by atoms with Crippen LogP contribution in [0.25, 0.3) is 11.0 Å². The van der Waals surface area contributed by atoms with E-state index in [1.165, 1.54) is 7.11 Å². The number of anilines is 1. The minimum atomic E-state index is -2.11. The Morgan fingerprint density at radius 1 is 0.836 bits per heavy atom. The van der Waals surface area contributed by atoms with Crippen molar-refractivity contribution < 1.29 is 43.2 Å². The number of carbonyl (C=O) groups is 4. The zero-order valence-electron chi connectivity index (χ0n) is 40.3. The van der Waals surface area contributed by atoms with Crippen molar-refractivity contribution in [1.29, 1.82) is 0 Å². The van der Waals surface area contributed by atoms with Gasteiger partial charge in [-0.1, -0.05) is 133 Å². The van der Waals surface area contributed by atoms with Gasteiger partial charge in [-0.3, -0.25) is 24.2 Å². The number of benzene rings is 6. The highest BCUT2D eigenvalue weighted by Crippen LogP contribution is 2.66. The average Bonchev–Trinajstić information content (AvgIpc) is 4.06. The molecule has 0 bridgehead atoms. The number of aromatic nitrogens is 2. The number of nitrogens with one attached hydrogen (secondary N) is 2. The molecule has 370 valence electrons. The lowest BCUT2D eigenvalue weighted by Gasteiger charge is -2.46. The molecule has 3 aliphatic heterocycles. The number of rotatable bonds is 15. The van der Waals surface area contributed by atoms with Crippen LogP contribution in [0.2, 0.25) is 0 Å². The van der Waals surface area contributed by atoms with E-state index in [0.29, 0.717) is 41.1 Å². The summed E-state index contributed by atoms with van der Waals surface area (Å²) in [5.41, 5.74) is 3.19. The maximum atomic E-state index is 16.6. The monoisotopic (exact) mass is 978 g/mol. The van der Waals surface area contributed by atoms with E-state index in [9.17, 15) is 9.90 Å². The van der Waals surface area contributed by atoms with Crippen molar-refractivity contribution >= 4 is 40.6 Å². The zero-order chi connectivity index (χ0) is 50.5. The number of amides is 3. The number of esters is 1. The quantitative estimate of drug-likeness (QED) is 0.0537. The number of cyclic esters (lactones) is 1. The van der Waals surface area contributed by atoms with Crippen LogP contribution in [0.1, 0.15) is 57.4 Å². The van der Waals surface area contributed by atoms with Crippen molar-refractivity contribution in [2.75, 3.05) is 52.0 Å². The predicted octanol–water partition coefficient (Wildman–Crippen LogP) is 7.18. The van der Waals surface area contributed by atoms with Gasteiger partial charge in [0.2, 0.25) is 11.8 Å². The number of fused-ring (bicyclic) bond motifs is 4. The first-order valence-corrected chi connectivity index (χ1v) is 24.2. The number of ether oxygens (including phenoxy) is 4. The lowest BCUT2D eigenvalue weighted by atomic mass is 9.65. The highest BCUT2D eigenvalue weighted by Gasteiger charge is 2.76. The second kappa shape index (κ2) is 21.3. The molecule has 1 spiro atoms. The molecule has 73 heavy (non-hydrogen) atoms. The highest BCUT2D eigenvalue weighted by molar-refractivity contribution is 6.23. The summed E-state index contributed by atoms with van der Waals surface area (Å²) in [5.74, 6) is 3.49. The molecule has 15 heteroatoms. The summed E-state index contributed by atoms with van der Waals surface area (Å²) in [6, 6.07) is 45.0. The predicted molar refractivity (Wildman–Crippen MR) is 272 cm³/mol. The molecule has 3 amide bonds. The van der Waals surface area contributed by atoms with Crippen LogP contribution < -0.4 is 15.0 Å². The summed E-state index contributed by atoms with van der Waals surface area (Å²) in [4.78, 5) is 75.7. The third kappa shape index (κ3) is 9.22. The maximum absolute atomic E-state index is 16.6. The first kappa shape index (κ1) is 48.5. The number of para-hydroxylation sites is 3. The zero-order valence-corrected chi connectivity index (χ0v) is 40.3. The molecule has 0 aliphatic carbocycles. The molecule has 7 aromatic rings. The number of aromatic amines is 1. The van der Waals surface area contributed by atoms with Crippen LogP contribution >= 0.6 is 0 Å². The fourth-order valence-electron chi connectivity index (χ4n) is 10.8. The molecule has 6 atom stereocenters. The van der Waals surface area contributed by atoms with Crippen LogP contribution in [-0.2, 0) is 47.1 Å². The highest BCUT2D eigenvalue weighted by atomic mass is 16.6. The van der Waals surface area contributed by atoms with Crippen molar-refractivity contribution in [3.05, 3.63) is 197 Å². The summed E-state index contributed by atoms with van der Waals surface area (Å²) in [6.07, 6.45) is -1.95. The number of nitrogens with zero attached hydrogens (tertiary/aromatic N) is 4. The molecule has 0 radical (unpaired) electrons. The van der Waals surface area contributed by atoms with Crippen LogP contribution in [0, 0.1) is 17.8 Å². The first-order valence-electron chi connectivity index (χ1n) is 24.2. The Hall–Kier alpha value is -8.13. The molecule has 4 heterocycles. The second-order valence-electron chi connectivity index (χ2n) is 18.2. The minimum Gasteiger partial charge on any atom is -0.491 e. The largest absolute Gasteiger partial charge is 0.491 e. The van der Waals surface area contributed by atoms with E-state index in [-0.39, 0.29) is 50.0 Å². The standard InChI is InChI=1S/C58H54N6O9/c1-62(37-39-17-6-3-7-18-39)30-16-19-38-28-29-46-43(35-38)58(56(68)63(46)57(69)72-34-33-70-2)49(54(66)59-36-48-60-44-25-13-14-26-45(44)61-48)51-55(67)73-52(41-22-10-5-11-23-41)50(40-20-8-4-9-21-40)64(51)53(58)42-24-12-15-27-47(42)71-32-31-65/h3-15,17-18,20-29,35,49-53,65H,30-34,36-37H2,1-2H3,(H,59,66)(H,60,61)/t49-,50-,51-,52+,53+,58-/m1/s1. The van der Waals surface area contributed by atoms with E-state index in [4.69, 9.17) is 23.9 Å². The van der Waals surface area contributed by atoms with Gasteiger partial charge in [-0.25, -0.2) is 14.7 Å². The number of morpholine rings is 1. The van der Waals surface area contributed by atoms with Gasteiger partial charge in [0.25, 0.3) is 0 Å². The van der Waals surface area contributed by atoms with Gasteiger partial charge in [0.05, 0.1) is 61.0 Å². The number of imide groups is 1. The molecule has 3 aliphatic rings. The van der Waals surface area contributed by atoms with Gasteiger partial charge in [-0.05, 0) is 65.7 Å². The van der Waals surface area contributed by atoms with Crippen LogP contribution in [-0.4, -0.2) is 102 Å². The van der Waals surface area contributed by atoms with E-state index < -0.39 is 59.4 Å². The number of hydrogen-bond donors (Lipinski definition) is 3. The fourth-order valence-corrected chi connectivity index (χ4v) is 10.8. The topological polar surface area (TPSA) is 176 Å². The molecule has 1 aromatic heterocycles. The minimum absolute atomic E-state index is 0.0470. The molecule has 3 N–H and O–H groups in total. The number of aliphatic hydroxyl groups excluding tert-OH is 1. The Balaban J connectivity index is 1.22. The van der Waals surface area contributed by atoms with Crippen molar-refractivity contribution in [2.45, 2.75) is 42.7 Å². The summed E-state index contributed by atoms with van der Waals surface area (Å²) in [6.45, 7) is 0.361. The molecule has 10 rings (SSSR count). The Kier molecular flexibility index (Phi) is 14.1. The van der Waals surface area contributed by atoms with Crippen LogP contribution in [0.3, 0.4) is 0 Å². The normalized spacial score (nSPS) is 21.1. The van der Waals surface area contributed by atoms with Gasteiger partial charge in [0.1, 0.15) is 42.3 Å². The van der Waals surface area contributed by atoms with Gasteiger partial charge < -0.3 is 34.4 Å². The van der Waals surface area contributed by atoms with Crippen molar-refractivity contribution in [3.63, 3.8) is 0 Å². The SMILES string of the molecule is COCCOC(=O)N1C(=O)[C@@]2(c3cc(C#CCN(C)Cc4ccccc4)ccc31)[C@H](c1ccccc1OCCO)N1[C@H](c3ccccc3)[C@H](c3ccccc3)OC(=O)[C@H]1[C@@H]2C(=O)NCc1nc2ccccc2[nH]1. The molecular weight excluding hydrogens is 925 g/mol. The van der Waals surface area contributed by atoms with E-state index in [1.807, 2.05) is 115 Å². The molecule has 15 nitrogen and oxygen atoms in total. The lowest BCUT2D eigenvalue weighted by Crippen LogP contribution is -2.55. The Labute approximate surface area is 422 Å². The third-order valence-corrected chi connectivity index (χ3v) is 13.7. The third-order valence-electron chi connectivity index (χ3n) is 13.7. The summed E-state index contributed by atoms with van der Waals surface area (Å²) in [7, 11) is 3.44. The first-order chi connectivity index (χ1) is 35.7. The molecule has 6 aromatic carbocycles. The smallest absolute Gasteiger partial charge is 0.421 e. The van der Waals surface area contributed by atoms with Gasteiger partial charge in [0.15, 0.2) is 0 Å². The number of H-pyrrole nitrogens is 1. The van der Waals surface area contributed by atoms with Crippen molar-refractivity contribution in [1.82, 2.24) is 25.1 Å².